The molecule has 1 aliphatic heterocycles. The Hall–Kier alpha value is -2.11. The number of benzene rings is 1. The molecule has 7 N–H and O–H groups in total. The van der Waals surface area contributed by atoms with Crippen molar-refractivity contribution in [1.82, 2.24) is 0 Å². The molecule has 0 radical (unpaired) electrons. The van der Waals surface area contributed by atoms with Crippen LogP contribution in [0.25, 0.3) is 0 Å². The molecule has 10 heteroatoms. The number of carbonyl (C=O) groups excluding carboxylic acids is 1. The van der Waals surface area contributed by atoms with Crippen LogP contribution in [0.15, 0.2) is 12.1 Å². The van der Waals surface area contributed by atoms with Gasteiger partial charge in [-0.05, 0) is 12.1 Å². The molecule has 128 valence electrons. The van der Waals surface area contributed by atoms with Crippen molar-refractivity contribution in [2.45, 2.75) is 30.7 Å². The van der Waals surface area contributed by atoms with E-state index in [-0.39, 0.29) is 5.56 Å². The van der Waals surface area contributed by atoms with Gasteiger partial charge in [0.25, 0.3) is 0 Å². The number of esters is 1. The molecule has 10 nitrogen and oxygen atoms in total. The SMILES string of the molecule is O=C(O[C@@H]1[C@@H](O)[C@@H](O)O[C@H](CO)[C@H]1O)c1cc(O)c(O)c(O)c1. The second-order valence-electron chi connectivity index (χ2n) is 4.96. The van der Waals surface area contributed by atoms with E-state index in [2.05, 4.69) is 0 Å². The van der Waals surface area contributed by atoms with E-state index < -0.39 is 60.5 Å². The van der Waals surface area contributed by atoms with E-state index in [0.29, 0.717) is 0 Å². The van der Waals surface area contributed by atoms with Gasteiger partial charge in [0.1, 0.15) is 18.3 Å². The Morgan fingerprint density at radius 1 is 1.09 bits per heavy atom. The lowest BCUT2D eigenvalue weighted by Crippen LogP contribution is -2.59. The van der Waals surface area contributed by atoms with Crippen LogP contribution in [-0.2, 0) is 9.47 Å². The number of rotatable bonds is 3. The Morgan fingerprint density at radius 2 is 1.65 bits per heavy atom. The molecule has 0 aliphatic carbocycles. The number of aliphatic hydroxyl groups excluding tert-OH is 4. The summed E-state index contributed by atoms with van der Waals surface area (Å²) in [5.74, 6) is -3.55. The molecular weight excluding hydrogens is 316 g/mol. The molecule has 0 amide bonds. The van der Waals surface area contributed by atoms with Gasteiger partial charge in [0.2, 0.25) is 0 Å². The number of hydrogen-bond acceptors (Lipinski definition) is 10. The smallest absolute Gasteiger partial charge is 0.338 e. The summed E-state index contributed by atoms with van der Waals surface area (Å²) in [4.78, 5) is 12.0. The first kappa shape index (κ1) is 17.2. The molecule has 0 spiro atoms. The predicted molar refractivity (Wildman–Crippen MR) is 70.6 cm³/mol. The van der Waals surface area contributed by atoms with Crippen LogP contribution in [0.3, 0.4) is 0 Å². The van der Waals surface area contributed by atoms with Crippen molar-refractivity contribution in [3.05, 3.63) is 17.7 Å². The zero-order valence-corrected chi connectivity index (χ0v) is 11.6. The summed E-state index contributed by atoms with van der Waals surface area (Å²) in [6.07, 6.45) is -8.11. The number of phenolic OH excluding ortho intramolecular Hbond substituents is 3. The Balaban J connectivity index is 2.21. The average molecular weight is 332 g/mol. The van der Waals surface area contributed by atoms with Crippen LogP contribution in [0, 0.1) is 0 Å². The maximum Gasteiger partial charge on any atom is 0.338 e. The van der Waals surface area contributed by atoms with Crippen molar-refractivity contribution in [2.75, 3.05) is 6.61 Å². The number of aliphatic hydroxyl groups is 4. The second kappa shape index (κ2) is 6.56. The van der Waals surface area contributed by atoms with Gasteiger partial charge in [-0.3, -0.25) is 0 Å². The van der Waals surface area contributed by atoms with Crippen molar-refractivity contribution in [2.24, 2.45) is 0 Å². The Kier molecular flexibility index (Phi) is 4.92. The highest BCUT2D eigenvalue weighted by molar-refractivity contribution is 5.91. The van der Waals surface area contributed by atoms with Crippen LogP contribution in [-0.4, -0.2) is 79.0 Å². The highest BCUT2D eigenvalue weighted by Crippen LogP contribution is 2.36. The Labute approximate surface area is 129 Å². The second-order valence-corrected chi connectivity index (χ2v) is 4.96. The number of hydrogen-bond donors (Lipinski definition) is 7. The third-order valence-corrected chi connectivity index (χ3v) is 3.39. The third kappa shape index (κ3) is 3.30. The summed E-state index contributed by atoms with van der Waals surface area (Å²) in [5, 5.41) is 66.0. The maximum absolute atomic E-state index is 12.0. The first-order valence-electron chi connectivity index (χ1n) is 6.52. The molecule has 1 aliphatic rings. The first-order chi connectivity index (χ1) is 10.8. The number of ether oxygens (including phenoxy) is 2. The first-order valence-corrected chi connectivity index (χ1v) is 6.52. The van der Waals surface area contributed by atoms with E-state index in [9.17, 15) is 35.4 Å². The van der Waals surface area contributed by atoms with Crippen LogP contribution >= 0.6 is 0 Å². The Bertz CT molecular complexity index is 565. The van der Waals surface area contributed by atoms with E-state index in [1.54, 1.807) is 0 Å². The lowest BCUT2D eigenvalue weighted by Gasteiger charge is -2.39. The summed E-state index contributed by atoms with van der Waals surface area (Å²) in [5.41, 5.74) is -0.376. The van der Waals surface area contributed by atoms with E-state index in [1.165, 1.54) is 0 Å². The van der Waals surface area contributed by atoms with Gasteiger partial charge in [0, 0.05) is 0 Å². The minimum atomic E-state index is -1.80. The molecule has 1 fully saturated rings. The molecule has 0 unspecified atom stereocenters. The normalized spacial score (nSPS) is 30.9. The van der Waals surface area contributed by atoms with Gasteiger partial charge < -0.3 is 45.2 Å². The standard InChI is InChI=1S/C13H16O10/c14-3-7-9(18)11(10(19)13(21)22-7)23-12(20)4-1-5(15)8(17)6(16)2-4/h1-2,7,9-11,13-19,21H,3H2/t7-,9-,10-,11+,13+/m1/s1. The van der Waals surface area contributed by atoms with E-state index in [0.717, 1.165) is 12.1 Å². The van der Waals surface area contributed by atoms with Gasteiger partial charge in [0.05, 0.1) is 12.2 Å². The Morgan fingerprint density at radius 3 is 2.17 bits per heavy atom. The molecule has 2 rings (SSSR count). The molecule has 0 aromatic heterocycles. The van der Waals surface area contributed by atoms with Gasteiger partial charge in [-0.25, -0.2) is 4.79 Å². The molecule has 1 heterocycles. The molecule has 1 aromatic rings. The summed E-state index contributed by atoms with van der Waals surface area (Å²) in [6, 6.07) is 1.60. The monoisotopic (exact) mass is 332 g/mol. The molecule has 0 bridgehead atoms. The topological polar surface area (TPSA) is 177 Å². The summed E-state index contributed by atoms with van der Waals surface area (Å²) < 4.78 is 9.59. The minimum absolute atomic E-state index is 0.376. The van der Waals surface area contributed by atoms with E-state index >= 15 is 0 Å². The number of aromatic hydroxyl groups is 3. The quantitative estimate of drug-likeness (QED) is 0.236. The largest absolute Gasteiger partial charge is 0.504 e. The highest BCUT2D eigenvalue weighted by atomic mass is 16.7. The fourth-order valence-electron chi connectivity index (χ4n) is 2.12. The maximum atomic E-state index is 12.0. The van der Waals surface area contributed by atoms with Crippen LogP contribution in [0.1, 0.15) is 10.4 Å². The van der Waals surface area contributed by atoms with E-state index in [1.807, 2.05) is 0 Å². The van der Waals surface area contributed by atoms with Crippen molar-refractivity contribution in [3.8, 4) is 17.2 Å². The predicted octanol–water partition coefficient (Wildman–Crippen LogP) is -2.24. The molecule has 1 aromatic carbocycles. The van der Waals surface area contributed by atoms with Crippen LogP contribution in [0.5, 0.6) is 17.2 Å². The number of phenols is 3. The van der Waals surface area contributed by atoms with Crippen LogP contribution in [0.2, 0.25) is 0 Å². The van der Waals surface area contributed by atoms with Crippen molar-refractivity contribution in [1.29, 1.82) is 0 Å². The van der Waals surface area contributed by atoms with Crippen molar-refractivity contribution < 1.29 is 50.0 Å². The number of carbonyl (C=O) groups is 1. The lowest BCUT2D eigenvalue weighted by atomic mass is 9.99. The van der Waals surface area contributed by atoms with Crippen molar-refractivity contribution in [3.63, 3.8) is 0 Å². The molecule has 0 saturated carbocycles. The minimum Gasteiger partial charge on any atom is -0.504 e. The summed E-state index contributed by atoms with van der Waals surface area (Å²) >= 11 is 0. The summed E-state index contributed by atoms with van der Waals surface area (Å²) in [7, 11) is 0. The zero-order valence-electron chi connectivity index (χ0n) is 11.6. The fraction of sp³-hybridized carbons (Fsp3) is 0.462. The van der Waals surface area contributed by atoms with Crippen LogP contribution in [0.4, 0.5) is 0 Å². The molecule has 5 atom stereocenters. The molecular formula is C13H16O10. The molecule has 1 saturated heterocycles. The molecule has 23 heavy (non-hydrogen) atoms. The van der Waals surface area contributed by atoms with Gasteiger partial charge in [-0.15, -0.1) is 0 Å². The van der Waals surface area contributed by atoms with Crippen LogP contribution < -0.4 is 0 Å². The summed E-state index contributed by atoms with van der Waals surface area (Å²) in [6.45, 7) is -0.695. The van der Waals surface area contributed by atoms with E-state index in [4.69, 9.17) is 14.6 Å². The fourth-order valence-corrected chi connectivity index (χ4v) is 2.12. The van der Waals surface area contributed by atoms with Gasteiger partial charge in [-0.1, -0.05) is 0 Å². The van der Waals surface area contributed by atoms with Gasteiger partial charge >= 0.3 is 5.97 Å². The van der Waals surface area contributed by atoms with Crippen molar-refractivity contribution >= 4 is 5.97 Å². The zero-order chi connectivity index (χ0) is 17.3. The van der Waals surface area contributed by atoms with Gasteiger partial charge in [0.15, 0.2) is 29.6 Å². The lowest BCUT2D eigenvalue weighted by molar-refractivity contribution is -0.285. The highest BCUT2D eigenvalue weighted by Gasteiger charge is 2.46. The average Bonchev–Trinajstić information content (AvgIpc) is 2.51. The van der Waals surface area contributed by atoms with Gasteiger partial charge in [-0.2, -0.15) is 0 Å². The third-order valence-electron chi connectivity index (χ3n) is 3.39.